The quantitative estimate of drug-likeness (QED) is 0.611. The maximum absolute atomic E-state index is 13.2. The van der Waals surface area contributed by atoms with Gasteiger partial charge in [-0.3, -0.25) is 14.4 Å². The topological polar surface area (TPSA) is 98.7 Å². The summed E-state index contributed by atoms with van der Waals surface area (Å²) in [6, 6.07) is 5.63. The number of aliphatic hydroxyl groups is 1. The van der Waals surface area contributed by atoms with E-state index in [1.54, 1.807) is 29.7 Å². The molecule has 1 aromatic carbocycles. The van der Waals surface area contributed by atoms with Gasteiger partial charge in [-0.2, -0.15) is 0 Å². The van der Waals surface area contributed by atoms with E-state index in [-0.39, 0.29) is 35.7 Å². The number of fused-ring (bicyclic) bond motifs is 3. The van der Waals surface area contributed by atoms with E-state index in [9.17, 15) is 19.5 Å². The Morgan fingerprint density at radius 3 is 2.50 bits per heavy atom. The van der Waals surface area contributed by atoms with E-state index in [1.807, 2.05) is 45.9 Å². The molecule has 2 heterocycles. The van der Waals surface area contributed by atoms with E-state index in [4.69, 9.17) is 0 Å². The van der Waals surface area contributed by atoms with Gasteiger partial charge in [-0.05, 0) is 44.7 Å². The highest BCUT2D eigenvalue weighted by molar-refractivity contribution is 8.01. The number of carbonyl (C=O) groups excluding carboxylic acids is 3. The van der Waals surface area contributed by atoms with E-state index in [1.165, 1.54) is 0 Å². The number of nitrogens with zero attached hydrogens (tertiary/aromatic N) is 1. The van der Waals surface area contributed by atoms with Crippen molar-refractivity contribution in [2.45, 2.75) is 69.3 Å². The summed E-state index contributed by atoms with van der Waals surface area (Å²) in [5.41, 5.74) is 1.56. The molecule has 7 nitrogen and oxygen atoms in total. The molecule has 3 amide bonds. The van der Waals surface area contributed by atoms with Gasteiger partial charge in [0.15, 0.2) is 0 Å². The number of rotatable bonds is 7. The normalized spacial score (nSPS) is 23.7. The third-order valence-corrected chi connectivity index (χ3v) is 7.15. The first kappa shape index (κ1) is 22.6. The Kier molecular flexibility index (Phi) is 6.48. The Morgan fingerprint density at radius 2 is 1.87 bits per heavy atom. The Morgan fingerprint density at radius 1 is 1.20 bits per heavy atom. The van der Waals surface area contributed by atoms with Gasteiger partial charge in [-0.25, -0.2) is 0 Å². The zero-order valence-corrected chi connectivity index (χ0v) is 19.0. The Bertz CT molecular complexity index is 841. The van der Waals surface area contributed by atoms with Gasteiger partial charge in [0.2, 0.25) is 11.8 Å². The molecule has 2 aliphatic rings. The molecule has 30 heavy (non-hydrogen) atoms. The van der Waals surface area contributed by atoms with Gasteiger partial charge in [0.05, 0.1) is 12.6 Å². The van der Waals surface area contributed by atoms with Gasteiger partial charge in [0.25, 0.3) is 5.91 Å². The lowest BCUT2D eigenvalue weighted by Crippen LogP contribution is -2.57. The third-order valence-electron chi connectivity index (χ3n) is 5.62. The molecular formula is C22H31N3O4S. The molecule has 0 saturated carbocycles. The van der Waals surface area contributed by atoms with Crippen LogP contribution in [-0.2, 0) is 9.59 Å². The van der Waals surface area contributed by atoms with Crippen molar-refractivity contribution >= 4 is 29.5 Å². The van der Waals surface area contributed by atoms with E-state index in [0.29, 0.717) is 17.9 Å². The second-order valence-corrected chi connectivity index (χ2v) is 10.8. The van der Waals surface area contributed by atoms with E-state index in [2.05, 4.69) is 10.6 Å². The predicted octanol–water partition coefficient (Wildman–Crippen LogP) is 2.06. The average molecular weight is 434 g/mol. The average Bonchev–Trinajstić information content (AvgIpc) is 3.10. The Labute approximate surface area is 182 Å². The summed E-state index contributed by atoms with van der Waals surface area (Å²) in [5, 5.41) is 14.9. The standard InChI is InChI=1S/C22H31N3O4S/c1-12(2)10-14(11-26)24-18(27)13(3)23-19(28)17-22(4,5)30-21-16-9-7-6-8-15(16)20(29)25(17)21/h6-9,12-14,17,21,26H,10-11H2,1-5H3,(H,23,28)(H,24,27)/t13-,14-,17-,21+/m0/s1. The minimum absolute atomic E-state index is 0.150. The molecule has 0 radical (unpaired) electrons. The highest BCUT2D eigenvalue weighted by Crippen LogP contribution is 2.56. The summed E-state index contributed by atoms with van der Waals surface area (Å²) >= 11 is 1.59. The van der Waals surface area contributed by atoms with Gasteiger partial charge >= 0.3 is 0 Å². The molecule has 3 rings (SSSR count). The van der Waals surface area contributed by atoms with Crippen molar-refractivity contribution in [3.05, 3.63) is 35.4 Å². The van der Waals surface area contributed by atoms with Crippen LogP contribution in [0.5, 0.6) is 0 Å². The van der Waals surface area contributed by atoms with Crippen molar-refractivity contribution in [3.8, 4) is 0 Å². The first-order valence-corrected chi connectivity index (χ1v) is 11.3. The molecule has 0 unspecified atom stereocenters. The van der Waals surface area contributed by atoms with Crippen molar-refractivity contribution in [2.24, 2.45) is 5.92 Å². The SMILES string of the molecule is CC(C)C[C@@H](CO)NC(=O)[C@H](C)NC(=O)[C@@H]1N2C(=O)c3ccccc3[C@H]2SC1(C)C. The van der Waals surface area contributed by atoms with Crippen LogP contribution in [0.2, 0.25) is 0 Å². The van der Waals surface area contributed by atoms with Crippen LogP contribution in [0.25, 0.3) is 0 Å². The molecule has 0 aliphatic carbocycles. The zero-order valence-electron chi connectivity index (χ0n) is 18.1. The molecule has 3 N–H and O–H groups in total. The summed E-state index contributed by atoms with van der Waals surface area (Å²) in [5.74, 6) is -0.520. The summed E-state index contributed by atoms with van der Waals surface area (Å²) in [7, 11) is 0. The fraction of sp³-hybridized carbons (Fsp3) is 0.591. The molecule has 0 bridgehead atoms. The first-order valence-electron chi connectivity index (χ1n) is 10.4. The fourth-order valence-corrected chi connectivity index (χ4v) is 5.83. The molecule has 2 aliphatic heterocycles. The van der Waals surface area contributed by atoms with Crippen molar-refractivity contribution in [3.63, 3.8) is 0 Å². The Hall–Kier alpha value is -2.06. The molecular weight excluding hydrogens is 402 g/mol. The number of aliphatic hydroxyl groups excluding tert-OH is 1. The lowest BCUT2D eigenvalue weighted by molar-refractivity contribution is -0.131. The summed E-state index contributed by atoms with van der Waals surface area (Å²) in [6.07, 6.45) is 0.650. The summed E-state index contributed by atoms with van der Waals surface area (Å²) in [4.78, 5) is 40.4. The fourth-order valence-electron chi connectivity index (χ4n) is 4.24. The molecule has 164 valence electrons. The highest BCUT2D eigenvalue weighted by atomic mass is 32.2. The molecule has 1 fully saturated rings. The van der Waals surface area contributed by atoms with Crippen molar-refractivity contribution in [2.75, 3.05) is 6.61 Å². The lowest BCUT2D eigenvalue weighted by Gasteiger charge is -2.30. The van der Waals surface area contributed by atoms with Crippen LogP contribution in [0.1, 0.15) is 62.3 Å². The molecule has 4 atom stereocenters. The number of hydrogen-bond acceptors (Lipinski definition) is 5. The van der Waals surface area contributed by atoms with Gasteiger partial charge in [-0.1, -0.05) is 32.0 Å². The van der Waals surface area contributed by atoms with E-state index < -0.39 is 16.8 Å². The van der Waals surface area contributed by atoms with E-state index in [0.717, 1.165) is 5.56 Å². The van der Waals surface area contributed by atoms with Gasteiger partial charge in [0.1, 0.15) is 17.5 Å². The van der Waals surface area contributed by atoms with Crippen LogP contribution in [0, 0.1) is 5.92 Å². The number of hydrogen-bond donors (Lipinski definition) is 3. The predicted molar refractivity (Wildman–Crippen MR) is 117 cm³/mol. The van der Waals surface area contributed by atoms with Gasteiger partial charge in [-0.15, -0.1) is 11.8 Å². The molecule has 8 heteroatoms. The third kappa shape index (κ3) is 4.21. The number of nitrogens with one attached hydrogen (secondary N) is 2. The van der Waals surface area contributed by atoms with Crippen LogP contribution in [0.4, 0.5) is 0 Å². The lowest BCUT2D eigenvalue weighted by atomic mass is 10.00. The summed E-state index contributed by atoms with van der Waals surface area (Å²) < 4.78 is -0.501. The molecule has 0 aromatic heterocycles. The molecule has 0 spiro atoms. The van der Waals surface area contributed by atoms with Crippen LogP contribution in [0.15, 0.2) is 24.3 Å². The minimum Gasteiger partial charge on any atom is -0.394 e. The largest absolute Gasteiger partial charge is 0.394 e. The minimum atomic E-state index is -0.779. The highest BCUT2D eigenvalue weighted by Gasteiger charge is 2.57. The maximum atomic E-state index is 13.2. The second kappa shape index (κ2) is 8.59. The van der Waals surface area contributed by atoms with Gasteiger partial charge in [0, 0.05) is 10.3 Å². The maximum Gasteiger partial charge on any atom is 0.256 e. The molecule has 1 saturated heterocycles. The summed E-state index contributed by atoms with van der Waals surface area (Å²) in [6.45, 7) is 9.39. The second-order valence-electron chi connectivity index (χ2n) is 9.02. The van der Waals surface area contributed by atoms with Crippen LogP contribution in [0.3, 0.4) is 0 Å². The Balaban J connectivity index is 1.72. The number of benzene rings is 1. The smallest absolute Gasteiger partial charge is 0.256 e. The van der Waals surface area contributed by atoms with Crippen LogP contribution in [-0.4, -0.2) is 57.2 Å². The number of amides is 3. The number of thioether (sulfide) groups is 1. The van der Waals surface area contributed by atoms with Crippen molar-refractivity contribution in [1.29, 1.82) is 0 Å². The monoisotopic (exact) mass is 433 g/mol. The first-order chi connectivity index (χ1) is 14.1. The van der Waals surface area contributed by atoms with Crippen LogP contribution >= 0.6 is 11.8 Å². The van der Waals surface area contributed by atoms with Crippen molar-refractivity contribution < 1.29 is 19.5 Å². The molecule has 1 aromatic rings. The van der Waals surface area contributed by atoms with Gasteiger partial charge < -0.3 is 20.6 Å². The van der Waals surface area contributed by atoms with Crippen LogP contribution < -0.4 is 10.6 Å². The van der Waals surface area contributed by atoms with E-state index >= 15 is 0 Å². The number of carbonyl (C=O) groups is 3. The van der Waals surface area contributed by atoms with Crippen molar-refractivity contribution in [1.82, 2.24) is 15.5 Å². The zero-order chi connectivity index (χ0) is 22.2.